The third-order valence-corrected chi connectivity index (χ3v) is 3.28. The van der Waals surface area contributed by atoms with Crippen molar-refractivity contribution < 1.29 is 14.3 Å². The zero-order valence-electron chi connectivity index (χ0n) is 12.3. The van der Waals surface area contributed by atoms with E-state index in [1.807, 2.05) is 32.0 Å². The Morgan fingerprint density at radius 1 is 1.25 bits per heavy atom. The maximum absolute atomic E-state index is 11.8. The molecule has 1 unspecified atom stereocenters. The Hall–Kier alpha value is -2.04. The van der Waals surface area contributed by atoms with Crippen molar-refractivity contribution in [2.75, 3.05) is 14.2 Å². The third-order valence-electron chi connectivity index (χ3n) is 3.28. The van der Waals surface area contributed by atoms with Crippen molar-refractivity contribution >= 4 is 11.7 Å². The number of amidine groups is 1. The average molecular weight is 276 g/mol. The van der Waals surface area contributed by atoms with Crippen LogP contribution in [0.25, 0.3) is 0 Å². The lowest BCUT2D eigenvalue weighted by Gasteiger charge is -2.09. The Kier molecular flexibility index (Phi) is 4.27. The monoisotopic (exact) mass is 276 g/mol. The van der Waals surface area contributed by atoms with E-state index >= 15 is 0 Å². The first-order valence-corrected chi connectivity index (χ1v) is 6.63. The molecular weight excluding hydrogens is 256 g/mol. The largest absolute Gasteiger partial charge is 0.493 e. The number of methoxy groups -OCH3 is 2. The van der Waals surface area contributed by atoms with Gasteiger partial charge >= 0.3 is 0 Å². The fourth-order valence-electron chi connectivity index (χ4n) is 2.20. The van der Waals surface area contributed by atoms with Gasteiger partial charge in [-0.15, -0.1) is 0 Å². The summed E-state index contributed by atoms with van der Waals surface area (Å²) in [7, 11) is 3.21. The highest BCUT2D eigenvalue weighted by atomic mass is 16.5. The van der Waals surface area contributed by atoms with Crippen molar-refractivity contribution in [2.24, 2.45) is 10.9 Å². The molecule has 1 N–H and O–H groups in total. The van der Waals surface area contributed by atoms with Gasteiger partial charge in [0.15, 0.2) is 11.5 Å². The fourth-order valence-corrected chi connectivity index (χ4v) is 2.20. The third kappa shape index (κ3) is 2.92. The second-order valence-corrected chi connectivity index (χ2v) is 5.12. The van der Waals surface area contributed by atoms with E-state index in [1.165, 1.54) is 0 Å². The molecular formula is C15H20N2O3. The predicted molar refractivity (Wildman–Crippen MR) is 77.5 cm³/mol. The van der Waals surface area contributed by atoms with Crippen LogP contribution >= 0.6 is 0 Å². The summed E-state index contributed by atoms with van der Waals surface area (Å²) in [6.07, 6.45) is 0.579. The normalized spacial score (nSPS) is 17.9. The molecule has 0 spiro atoms. The molecule has 1 aromatic rings. The number of aliphatic imine (C=N–C) groups is 1. The molecule has 0 fully saturated rings. The number of rotatable bonds is 5. The molecule has 0 aromatic heterocycles. The SMILES string of the molecule is COc1ccc(CC2=NC(C(C)C)C(=O)N2)cc1OC. The van der Waals surface area contributed by atoms with Crippen LogP contribution in [-0.2, 0) is 11.2 Å². The molecule has 1 aliphatic rings. The number of ether oxygens (including phenoxy) is 2. The molecule has 0 radical (unpaired) electrons. The number of nitrogens with one attached hydrogen (secondary N) is 1. The Bertz CT molecular complexity index is 538. The van der Waals surface area contributed by atoms with Crippen LogP contribution in [-0.4, -0.2) is 32.0 Å². The van der Waals surface area contributed by atoms with Gasteiger partial charge in [0.25, 0.3) is 0 Å². The molecule has 0 saturated heterocycles. The van der Waals surface area contributed by atoms with Crippen LogP contribution in [0.2, 0.25) is 0 Å². The Morgan fingerprint density at radius 2 is 1.95 bits per heavy atom. The van der Waals surface area contributed by atoms with Gasteiger partial charge in [0.2, 0.25) is 5.91 Å². The maximum Gasteiger partial charge on any atom is 0.250 e. The molecule has 1 heterocycles. The van der Waals surface area contributed by atoms with Gasteiger partial charge in [0.05, 0.1) is 14.2 Å². The zero-order chi connectivity index (χ0) is 14.7. The van der Waals surface area contributed by atoms with E-state index in [9.17, 15) is 4.79 Å². The van der Waals surface area contributed by atoms with Gasteiger partial charge in [-0.3, -0.25) is 9.79 Å². The van der Waals surface area contributed by atoms with Crippen molar-refractivity contribution in [3.63, 3.8) is 0 Å². The topological polar surface area (TPSA) is 59.9 Å². The minimum Gasteiger partial charge on any atom is -0.493 e. The zero-order valence-corrected chi connectivity index (χ0v) is 12.3. The minimum absolute atomic E-state index is 0.0181. The lowest BCUT2D eigenvalue weighted by molar-refractivity contribution is -0.120. The second kappa shape index (κ2) is 5.94. The number of carbonyl (C=O) groups is 1. The van der Waals surface area contributed by atoms with Gasteiger partial charge in [0.1, 0.15) is 11.9 Å². The number of hydrogen-bond donors (Lipinski definition) is 1. The molecule has 1 amide bonds. The van der Waals surface area contributed by atoms with Gasteiger partial charge in [-0.25, -0.2) is 0 Å². The van der Waals surface area contributed by atoms with Crippen LogP contribution in [0.1, 0.15) is 19.4 Å². The summed E-state index contributed by atoms with van der Waals surface area (Å²) in [6, 6.07) is 5.42. The number of hydrogen-bond acceptors (Lipinski definition) is 4. The second-order valence-electron chi connectivity index (χ2n) is 5.12. The Labute approximate surface area is 119 Å². The lowest BCUT2D eigenvalue weighted by Crippen LogP contribution is -2.31. The molecule has 1 aromatic carbocycles. The molecule has 5 nitrogen and oxygen atoms in total. The highest BCUT2D eigenvalue weighted by Gasteiger charge is 2.28. The predicted octanol–water partition coefficient (Wildman–Crippen LogP) is 1.80. The maximum atomic E-state index is 11.8. The van der Waals surface area contributed by atoms with Gasteiger partial charge in [0, 0.05) is 6.42 Å². The minimum atomic E-state index is -0.273. The van der Waals surface area contributed by atoms with Crippen molar-refractivity contribution in [1.29, 1.82) is 0 Å². The number of nitrogens with zero attached hydrogens (tertiary/aromatic N) is 1. The fraction of sp³-hybridized carbons (Fsp3) is 0.467. The first kappa shape index (κ1) is 14.4. The first-order valence-electron chi connectivity index (χ1n) is 6.63. The van der Waals surface area contributed by atoms with E-state index in [0.29, 0.717) is 23.8 Å². The summed E-state index contributed by atoms with van der Waals surface area (Å²) in [5, 5.41) is 2.84. The molecule has 5 heteroatoms. The summed E-state index contributed by atoms with van der Waals surface area (Å²) >= 11 is 0. The van der Waals surface area contributed by atoms with Crippen LogP contribution in [0.3, 0.4) is 0 Å². The van der Waals surface area contributed by atoms with Crippen molar-refractivity contribution in [2.45, 2.75) is 26.3 Å². The molecule has 0 bridgehead atoms. The van der Waals surface area contributed by atoms with Gasteiger partial charge < -0.3 is 14.8 Å². The van der Waals surface area contributed by atoms with E-state index in [2.05, 4.69) is 10.3 Å². The van der Waals surface area contributed by atoms with E-state index < -0.39 is 0 Å². The molecule has 20 heavy (non-hydrogen) atoms. The summed E-state index contributed by atoms with van der Waals surface area (Å²) in [6.45, 7) is 3.99. The van der Waals surface area contributed by atoms with Gasteiger partial charge in [-0.2, -0.15) is 0 Å². The smallest absolute Gasteiger partial charge is 0.250 e. The van der Waals surface area contributed by atoms with E-state index in [0.717, 1.165) is 5.56 Å². The number of amides is 1. The summed E-state index contributed by atoms with van der Waals surface area (Å²) in [5.74, 6) is 2.26. The summed E-state index contributed by atoms with van der Waals surface area (Å²) in [4.78, 5) is 16.2. The Balaban J connectivity index is 2.15. The molecule has 1 atom stereocenters. The van der Waals surface area contributed by atoms with Gasteiger partial charge in [-0.1, -0.05) is 19.9 Å². The molecule has 0 saturated carbocycles. The number of carbonyl (C=O) groups excluding carboxylic acids is 1. The highest BCUT2D eigenvalue weighted by Crippen LogP contribution is 2.28. The summed E-state index contributed by atoms with van der Waals surface area (Å²) in [5.41, 5.74) is 1.02. The van der Waals surface area contributed by atoms with Crippen LogP contribution in [0.5, 0.6) is 11.5 Å². The quantitative estimate of drug-likeness (QED) is 0.892. The van der Waals surface area contributed by atoms with Crippen LogP contribution < -0.4 is 14.8 Å². The van der Waals surface area contributed by atoms with Crippen molar-refractivity contribution in [3.8, 4) is 11.5 Å². The number of benzene rings is 1. The molecule has 0 aliphatic carbocycles. The lowest BCUT2D eigenvalue weighted by atomic mass is 10.1. The molecule has 1 aliphatic heterocycles. The van der Waals surface area contributed by atoms with Crippen molar-refractivity contribution in [3.05, 3.63) is 23.8 Å². The summed E-state index contributed by atoms with van der Waals surface area (Å²) < 4.78 is 10.5. The van der Waals surface area contributed by atoms with Crippen molar-refractivity contribution in [1.82, 2.24) is 5.32 Å². The molecule has 2 rings (SSSR count). The Morgan fingerprint density at radius 3 is 2.50 bits per heavy atom. The van der Waals surface area contributed by atoms with Gasteiger partial charge in [-0.05, 0) is 23.6 Å². The van der Waals surface area contributed by atoms with Crippen LogP contribution in [0.4, 0.5) is 0 Å². The van der Waals surface area contributed by atoms with Crippen LogP contribution in [0.15, 0.2) is 23.2 Å². The highest BCUT2D eigenvalue weighted by molar-refractivity contribution is 6.06. The standard InChI is InChI=1S/C15H20N2O3/c1-9(2)14-15(18)17-13(16-14)8-10-5-6-11(19-3)12(7-10)20-4/h5-7,9,14H,8H2,1-4H3,(H,16,17,18). The van der Waals surface area contributed by atoms with E-state index in [4.69, 9.17) is 9.47 Å². The average Bonchev–Trinajstić information content (AvgIpc) is 2.79. The van der Waals surface area contributed by atoms with E-state index in [1.54, 1.807) is 14.2 Å². The molecule has 108 valence electrons. The van der Waals surface area contributed by atoms with E-state index in [-0.39, 0.29) is 17.9 Å². The first-order chi connectivity index (χ1) is 9.55. The van der Waals surface area contributed by atoms with Crippen LogP contribution in [0, 0.1) is 5.92 Å².